The normalized spacial score (nSPS) is 12.9. The average molecular weight is 335 g/mol. The lowest BCUT2D eigenvalue weighted by Crippen LogP contribution is -2.39. The Kier molecular flexibility index (Phi) is 6.28. The second-order valence-corrected chi connectivity index (χ2v) is 5.92. The zero-order valence-corrected chi connectivity index (χ0v) is 13.0. The van der Waals surface area contributed by atoms with Gasteiger partial charge in [0.05, 0.1) is 5.56 Å². The third kappa shape index (κ3) is 6.38. The molecule has 122 valence electrons. The standard InChI is InChI=1S/C14H16F3NO3S/c1-8(2)18-12(19)9(3)21-13(20)10-4-6-11(7-5-10)22-14(15,16)17/h4-9H,1-3H3,(H,18,19)/t9-/m0/s1. The number of thioether (sulfide) groups is 1. The minimum atomic E-state index is -4.38. The minimum Gasteiger partial charge on any atom is -0.449 e. The van der Waals surface area contributed by atoms with Crippen LogP contribution in [0.2, 0.25) is 0 Å². The van der Waals surface area contributed by atoms with E-state index in [9.17, 15) is 22.8 Å². The molecule has 0 saturated heterocycles. The van der Waals surface area contributed by atoms with Crippen LogP contribution in [0.3, 0.4) is 0 Å². The molecule has 0 spiro atoms. The van der Waals surface area contributed by atoms with Crippen LogP contribution >= 0.6 is 11.8 Å². The van der Waals surface area contributed by atoms with Gasteiger partial charge in [-0.15, -0.1) is 0 Å². The zero-order valence-electron chi connectivity index (χ0n) is 12.2. The van der Waals surface area contributed by atoms with Crippen molar-refractivity contribution < 1.29 is 27.5 Å². The molecule has 4 nitrogen and oxygen atoms in total. The predicted molar refractivity (Wildman–Crippen MR) is 76.5 cm³/mol. The number of halogens is 3. The lowest BCUT2D eigenvalue weighted by molar-refractivity contribution is -0.129. The fourth-order valence-electron chi connectivity index (χ4n) is 1.48. The molecule has 0 saturated carbocycles. The summed E-state index contributed by atoms with van der Waals surface area (Å²) < 4.78 is 41.5. The third-order valence-corrected chi connectivity index (χ3v) is 3.15. The second-order valence-electron chi connectivity index (χ2n) is 4.78. The molecule has 0 aliphatic heterocycles. The first kappa shape index (κ1) is 18.3. The molecule has 1 aromatic carbocycles. The quantitative estimate of drug-likeness (QED) is 0.662. The van der Waals surface area contributed by atoms with E-state index >= 15 is 0 Å². The fourth-order valence-corrected chi connectivity index (χ4v) is 2.02. The van der Waals surface area contributed by atoms with E-state index in [1.165, 1.54) is 31.2 Å². The predicted octanol–water partition coefficient (Wildman–Crippen LogP) is 3.37. The Morgan fingerprint density at radius 2 is 1.68 bits per heavy atom. The number of nitrogens with one attached hydrogen (secondary N) is 1. The molecule has 0 bridgehead atoms. The van der Waals surface area contributed by atoms with Crippen LogP contribution in [0.15, 0.2) is 29.2 Å². The van der Waals surface area contributed by atoms with Crippen molar-refractivity contribution in [3.05, 3.63) is 29.8 Å². The van der Waals surface area contributed by atoms with Crippen molar-refractivity contribution in [1.82, 2.24) is 5.32 Å². The highest BCUT2D eigenvalue weighted by molar-refractivity contribution is 8.00. The van der Waals surface area contributed by atoms with E-state index in [2.05, 4.69) is 5.32 Å². The Morgan fingerprint density at radius 3 is 2.14 bits per heavy atom. The van der Waals surface area contributed by atoms with Crippen molar-refractivity contribution in [2.75, 3.05) is 0 Å². The number of amides is 1. The van der Waals surface area contributed by atoms with E-state index in [0.29, 0.717) is 0 Å². The summed E-state index contributed by atoms with van der Waals surface area (Å²) in [7, 11) is 0. The molecule has 0 aliphatic carbocycles. The molecule has 8 heteroatoms. The minimum absolute atomic E-state index is 0.0327. The molecule has 0 radical (unpaired) electrons. The van der Waals surface area contributed by atoms with Crippen LogP contribution in [0.1, 0.15) is 31.1 Å². The number of alkyl halides is 3. The van der Waals surface area contributed by atoms with E-state index in [1.54, 1.807) is 13.8 Å². The molecule has 0 aromatic heterocycles. The SMILES string of the molecule is CC(C)NC(=O)[C@H](C)OC(=O)c1ccc(SC(F)(F)F)cc1. The lowest BCUT2D eigenvalue weighted by Gasteiger charge is -2.15. The van der Waals surface area contributed by atoms with Gasteiger partial charge in [0.1, 0.15) is 0 Å². The Morgan fingerprint density at radius 1 is 1.14 bits per heavy atom. The number of ether oxygens (including phenoxy) is 1. The Labute approximate surface area is 130 Å². The van der Waals surface area contributed by atoms with Crippen molar-refractivity contribution in [3.63, 3.8) is 0 Å². The van der Waals surface area contributed by atoms with Gasteiger partial charge in [-0.3, -0.25) is 4.79 Å². The summed E-state index contributed by atoms with van der Waals surface area (Å²) in [5.74, 6) is -1.21. The first-order valence-electron chi connectivity index (χ1n) is 6.45. The first-order valence-corrected chi connectivity index (χ1v) is 7.27. The van der Waals surface area contributed by atoms with Gasteiger partial charge in [0.15, 0.2) is 6.10 Å². The Hall–Kier alpha value is -1.70. The molecule has 0 fully saturated rings. The van der Waals surface area contributed by atoms with Gasteiger partial charge in [-0.25, -0.2) is 4.79 Å². The molecular weight excluding hydrogens is 319 g/mol. The van der Waals surface area contributed by atoms with Crippen LogP contribution in [0.25, 0.3) is 0 Å². The first-order chi connectivity index (χ1) is 10.1. The number of hydrogen-bond donors (Lipinski definition) is 1. The van der Waals surface area contributed by atoms with Crippen molar-refractivity contribution >= 4 is 23.6 Å². The number of carbonyl (C=O) groups excluding carboxylic acids is 2. The third-order valence-electron chi connectivity index (χ3n) is 2.41. The van der Waals surface area contributed by atoms with Crippen LogP contribution in [0.4, 0.5) is 13.2 Å². The van der Waals surface area contributed by atoms with Crippen LogP contribution in [-0.2, 0) is 9.53 Å². The number of benzene rings is 1. The molecule has 1 atom stereocenters. The van der Waals surface area contributed by atoms with Crippen molar-refractivity contribution in [2.45, 2.75) is 43.3 Å². The summed E-state index contributed by atoms with van der Waals surface area (Å²) in [6.45, 7) is 4.95. The number of esters is 1. The van der Waals surface area contributed by atoms with Crippen LogP contribution in [-0.4, -0.2) is 29.5 Å². The number of carbonyl (C=O) groups is 2. The van der Waals surface area contributed by atoms with Gasteiger partial charge < -0.3 is 10.1 Å². The smallest absolute Gasteiger partial charge is 0.446 e. The van der Waals surface area contributed by atoms with Crippen molar-refractivity contribution in [1.29, 1.82) is 0 Å². The molecular formula is C14H16F3NO3S. The Balaban J connectivity index is 2.64. The monoisotopic (exact) mass is 335 g/mol. The second kappa shape index (κ2) is 7.53. The van der Waals surface area contributed by atoms with E-state index in [1.807, 2.05) is 0 Å². The molecule has 1 rings (SSSR count). The van der Waals surface area contributed by atoms with E-state index < -0.39 is 23.5 Å². The maximum Gasteiger partial charge on any atom is 0.446 e. The highest BCUT2D eigenvalue weighted by Crippen LogP contribution is 2.36. The maximum absolute atomic E-state index is 12.2. The average Bonchev–Trinajstić information content (AvgIpc) is 2.36. The van der Waals surface area contributed by atoms with Crippen LogP contribution < -0.4 is 5.32 Å². The molecule has 1 N–H and O–H groups in total. The summed E-state index contributed by atoms with van der Waals surface area (Å²) in [6.07, 6.45) is -0.987. The molecule has 0 aliphatic rings. The molecule has 0 heterocycles. The molecule has 0 unspecified atom stereocenters. The molecule has 1 amide bonds. The summed E-state index contributed by atoms with van der Waals surface area (Å²) in [5, 5.41) is 2.59. The summed E-state index contributed by atoms with van der Waals surface area (Å²) >= 11 is -0.269. The van der Waals surface area contributed by atoms with E-state index in [4.69, 9.17) is 4.74 Å². The van der Waals surface area contributed by atoms with Gasteiger partial charge in [0, 0.05) is 10.9 Å². The van der Waals surface area contributed by atoms with Crippen LogP contribution in [0.5, 0.6) is 0 Å². The lowest BCUT2D eigenvalue weighted by atomic mass is 10.2. The van der Waals surface area contributed by atoms with Gasteiger partial charge >= 0.3 is 11.5 Å². The van der Waals surface area contributed by atoms with Gasteiger partial charge in [-0.2, -0.15) is 13.2 Å². The highest BCUT2D eigenvalue weighted by Gasteiger charge is 2.29. The van der Waals surface area contributed by atoms with Gasteiger partial charge in [-0.05, 0) is 56.8 Å². The Bertz CT molecular complexity index is 529. The number of rotatable bonds is 5. The van der Waals surface area contributed by atoms with Gasteiger partial charge in [0.25, 0.3) is 5.91 Å². The van der Waals surface area contributed by atoms with Crippen molar-refractivity contribution in [2.24, 2.45) is 0 Å². The summed E-state index contributed by atoms with van der Waals surface area (Å²) in [5.41, 5.74) is -4.30. The maximum atomic E-state index is 12.2. The fraction of sp³-hybridized carbons (Fsp3) is 0.429. The van der Waals surface area contributed by atoms with Gasteiger partial charge in [0.2, 0.25) is 0 Å². The zero-order chi connectivity index (χ0) is 16.9. The van der Waals surface area contributed by atoms with Gasteiger partial charge in [-0.1, -0.05) is 0 Å². The largest absolute Gasteiger partial charge is 0.449 e. The van der Waals surface area contributed by atoms with E-state index in [-0.39, 0.29) is 28.3 Å². The van der Waals surface area contributed by atoms with Crippen LogP contribution in [0, 0.1) is 0 Å². The summed E-state index contributed by atoms with van der Waals surface area (Å²) in [6, 6.07) is 4.71. The summed E-state index contributed by atoms with van der Waals surface area (Å²) in [4.78, 5) is 23.4. The number of hydrogen-bond acceptors (Lipinski definition) is 4. The molecule has 22 heavy (non-hydrogen) atoms. The van der Waals surface area contributed by atoms with Crippen molar-refractivity contribution in [3.8, 4) is 0 Å². The topological polar surface area (TPSA) is 55.4 Å². The highest BCUT2D eigenvalue weighted by atomic mass is 32.2. The van der Waals surface area contributed by atoms with E-state index in [0.717, 1.165) is 0 Å². The molecule has 1 aromatic rings.